The Hall–Kier alpha value is -2.46. The summed E-state index contributed by atoms with van der Waals surface area (Å²) in [6.45, 7) is 0.788. The highest BCUT2D eigenvalue weighted by Crippen LogP contribution is 2.40. The summed E-state index contributed by atoms with van der Waals surface area (Å²) in [5, 5.41) is 0. The summed E-state index contributed by atoms with van der Waals surface area (Å²) in [6, 6.07) is 21.5. The molecular weight excluding hydrogens is 331 g/mol. The normalized spacial score (nSPS) is 13.0. The Morgan fingerprint density at radius 1 is 1.00 bits per heavy atom. The van der Waals surface area contributed by atoms with Gasteiger partial charge in [-0.15, -0.1) is 12.6 Å². The molecule has 0 saturated carbocycles. The lowest BCUT2D eigenvalue weighted by molar-refractivity contribution is 0.628. The van der Waals surface area contributed by atoms with Gasteiger partial charge in [0.2, 0.25) is 0 Å². The predicted molar refractivity (Wildman–Crippen MR) is 105 cm³/mol. The van der Waals surface area contributed by atoms with Crippen molar-refractivity contribution in [2.45, 2.75) is 11.3 Å². The lowest BCUT2D eigenvalue weighted by atomic mass is 10.1. The molecule has 4 heteroatoms. The Kier molecular flexibility index (Phi) is 4.14. The maximum Gasteiger partial charge on any atom is 0.147 e. The summed E-state index contributed by atoms with van der Waals surface area (Å²) in [5.74, 6) is -0.164. The van der Waals surface area contributed by atoms with Crippen LogP contribution in [0.1, 0.15) is 5.56 Å². The van der Waals surface area contributed by atoms with Gasteiger partial charge in [-0.25, -0.2) is 4.39 Å². The quantitative estimate of drug-likeness (QED) is 0.616. The minimum Gasteiger partial charge on any atom is -0.344 e. The molecule has 1 aliphatic rings. The van der Waals surface area contributed by atoms with E-state index in [4.69, 9.17) is 0 Å². The number of hydrogen-bond donors (Lipinski definition) is 1. The SMILES string of the molecule is CN(c1ccccc1)c1cc(N2CCc3cccc(F)c32)ccc1S. The number of hydrogen-bond acceptors (Lipinski definition) is 3. The first kappa shape index (κ1) is 16.0. The first-order chi connectivity index (χ1) is 12.1. The fourth-order valence-corrected chi connectivity index (χ4v) is 3.69. The van der Waals surface area contributed by atoms with Crippen LogP contribution in [0.5, 0.6) is 0 Å². The Labute approximate surface area is 152 Å². The van der Waals surface area contributed by atoms with Crippen molar-refractivity contribution in [3.8, 4) is 0 Å². The standard InChI is InChI=1S/C21H19FN2S/c1-23(16-7-3-2-4-8-16)19-14-17(10-11-20(19)25)24-13-12-15-6-5-9-18(22)21(15)24/h2-11,14,25H,12-13H2,1H3. The van der Waals surface area contributed by atoms with Crippen molar-refractivity contribution in [2.75, 3.05) is 23.4 Å². The van der Waals surface area contributed by atoms with E-state index in [1.807, 2.05) is 43.4 Å². The van der Waals surface area contributed by atoms with Crippen LogP contribution in [-0.2, 0) is 6.42 Å². The lowest BCUT2D eigenvalue weighted by Gasteiger charge is -2.25. The molecule has 3 aromatic rings. The molecule has 0 atom stereocenters. The van der Waals surface area contributed by atoms with Crippen LogP contribution < -0.4 is 9.80 Å². The van der Waals surface area contributed by atoms with Gasteiger partial charge in [-0.1, -0.05) is 30.3 Å². The van der Waals surface area contributed by atoms with Crippen LogP contribution >= 0.6 is 12.6 Å². The Balaban J connectivity index is 1.75. The first-order valence-electron chi connectivity index (χ1n) is 8.32. The minimum atomic E-state index is -0.164. The molecule has 0 saturated heterocycles. The number of anilines is 4. The predicted octanol–water partition coefficient (Wildman–Crippen LogP) is 5.58. The van der Waals surface area contributed by atoms with Crippen LogP contribution in [0.2, 0.25) is 0 Å². The van der Waals surface area contributed by atoms with E-state index in [0.717, 1.165) is 40.5 Å². The van der Waals surface area contributed by atoms with E-state index in [1.165, 1.54) is 6.07 Å². The van der Waals surface area contributed by atoms with Crippen LogP contribution in [0.15, 0.2) is 71.6 Å². The summed E-state index contributed by atoms with van der Waals surface area (Å²) < 4.78 is 14.4. The maximum absolute atomic E-state index is 14.4. The molecule has 1 heterocycles. The number of nitrogens with zero attached hydrogens (tertiary/aromatic N) is 2. The summed E-state index contributed by atoms with van der Waals surface area (Å²) in [6.07, 6.45) is 0.861. The molecule has 0 bridgehead atoms. The van der Waals surface area contributed by atoms with Gasteiger partial charge in [0.15, 0.2) is 0 Å². The smallest absolute Gasteiger partial charge is 0.147 e. The number of thiol groups is 1. The molecular formula is C21H19FN2S. The average molecular weight is 350 g/mol. The van der Waals surface area contributed by atoms with Gasteiger partial charge < -0.3 is 9.80 Å². The van der Waals surface area contributed by atoms with Gasteiger partial charge in [-0.2, -0.15) is 0 Å². The van der Waals surface area contributed by atoms with E-state index in [-0.39, 0.29) is 5.82 Å². The summed E-state index contributed by atoms with van der Waals surface area (Å²) in [4.78, 5) is 5.05. The van der Waals surface area contributed by atoms with E-state index in [2.05, 4.69) is 40.6 Å². The largest absolute Gasteiger partial charge is 0.344 e. The lowest BCUT2D eigenvalue weighted by Crippen LogP contribution is -2.16. The second kappa shape index (κ2) is 6.45. The van der Waals surface area contributed by atoms with Gasteiger partial charge in [0.25, 0.3) is 0 Å². The van der Waals surface area contributed by atoms with Crippen molar-refractivity contribution in [3.05, 3.63) is 78.1 Å². The van der Waals surface area contributed by atoms with Crippen LogP contribution in [0.3, 0.4) is 0 Å². The van der Waals surface area contributed by atoms with Crippen molar-refractivity contribution in [1.29, 1.82) is 0 Å². The zero-order valence-electron chi connectivity index (χ0n) is 14.0. The van der Waals surface area contributed by atoms with Crippen LogP contribution in [-0.4, -0.2) is 13.6 Å². The molecule has 0 fully saturated rings. The molecule has 0 N–H and O–H groups in total. The molecule has 4 rings (SSSR count). The van der Waals surface area contributed by atoms with Gasteiger partial charge in [0.05, 0.1) is 11.4 Å². The van der Waals surface area contributed by atoms with Crippen LogP contribution in [0.25, 0.3) is 0 Å². The van der Waals surface area contributed by atoms with E-state index in [0.29, 0.717) is 5.69 Å². The van der Waals surface area contributed by atoms with Gasteiger partial charge in [-0.3, -0.25) is 0 Å². The third-order valence-corrected chi connectivity index (χ3v) is 5.10. The van der Waals surface area contributed by atoms with E-state index in [9.17, 15) is 4.39 Å². The van der Waals surface area contributed by atoms with Crippen molar-refractivity contribution >= 4 is 35.4 Å². The monoisotopic (exact) mass is 350 g/mol. The van der Waals surface area contributed by atoms with Crippen molar-refractivity contribution < 1.29 is 4.39 Å². The molecule has 0 radical (unpaired) electrons. The molecule has 0 unspecified atom stereocenters. The van der Waals surface area contributed by atoms with Gasteiger partial charge in [0, 0.05) is 29.9 Å². The summed E-state index contributed by atoms with van der Waals surface area (Å²) >= 11 is 4.62. The fourth-order valence-electron chi connectivity index (χ4n) is 3.41. The molecule has 25 heavy (non-hydrogen) atoms. The van der Waals surface area contributed by atoms with Gasteiger partial charge >= 0.3 is 0 Å². The van der Waals surface area contributed by atoms with Crippen LogP contribution in [0.4, 0.5) is 27.1 Å². The molecule has 0 aromatic heterocycles. The van der Waals surface area contributed by atoms with E-state index in [1.54, 1.807) is 6.07 Å². The third-order valence-electron chi connectivity index (χ3n) is 4.72. The summed E-state index contributed by atoms with van der Waals surface area (Å²) in [7, 11) is 2.02. The molecule has 126 valence electrons. The second-order valence-electron chi connectivity index (χ2n) is 6.22. The Bertz CT molecular complexity index is 911. The van der Waals surface area contributed by atoms with Crippen molar-refractivity contribution in [2.24, 2.45) is 0 Å². The number of fused-ring (bicyclic) bond motifs is 1. The summed E-state index contributed by atoms with van der Waals surface area (Å²) in [5.41, 5.74) is 4.83. The highest BCUT2D eigenvalue weighted by Gasteiger charge is 2.24. The molecule has 0 amide bonds. The molecule has 1 aliphatic heterocycles. The fraction of sp³-hybridized carbons (Fsp3) is 0.143. The van der Waals surface area contributed by atoms with Gasteiger partial charge in [-0.05, 0) is 48.4 Å². The third kappa shape index (κ3) is 2.87. The topological polar surface area (TPSA) is 6.48 Å². The molecule has 2 nitrogen and oxygen atoms in total. The zero-order chi connectivity index (χ0) is 17.4. The maximum atomic E-state index is 14.4. The Morgan fingerprint density at radius 3 is 2.60 bits per heavy atom. The second-order valence-corrected chi connectivity index (χ2v) is 6.70. The number of para-hydroxylation sites is 2. The van der Waals surface area contributed by atoms with Crippen molar-refractivity contribution in [3.63, 3.8) is 0 Å². The van der Waals surface area contributed by atoms with Crippen molar-refractivity contribution in [1.82, 2.24) is 0 Å². The van der Waals surface area contributed by atoms with E-state index >= 15 is 0 Å². The zero-order valence-corrected chi connectivity index (χ0v) is 14.9. The number of benzene rings is 3. The van der Waals surface area contributed by atoms with E-state index < -0.39 is 0 Å². The Morgan fingerprint density at radius 2 is 1.80 bits per heavy atom. The highest BCUT2D eigenvalue weighted by atomic mass is 32.1. The highest BCUT2D eigenvalue weighted by molar-refractivity contribution is 7.80. The number of halogens is 1. The number of rotatable bonds is 3. The average Bonchev–Trinajstić information content (AvgIpc) is 3.08. The minimum absolute atomic E-state index is 0.164. The molecule has 3 aromatic carbocycles. The molecule has 0 spiro atoms. The molecule has 0 aliphatic carbocycles. The van der Waals surface area contributed by atoms with Gasteiger partial charge in [0.1, 0.15) is 5.82 Å². The van der Waals surface area contributed by atoms with Crippen LogP contribution in [0, 0.1) is 5.82 Å². The first-order valence-corrected chi connectivity index (χ1v) is 8.76.